The summed E-state index contributed by atoms with van der Waals surface area (Å²) < 4.78 is 26.8. The Morgan fingerprint density at radius 3 is 2.39 bits per heavy atom. The van der Waals surface area contributed by atoms with Gasteiger partial charge in [0, 0.05) is 52.7 Å². The lowest BCUT2D eigenvalue weighted by Crippen LogP contribution is -2.49. The van der Waals surface area contributed by atoms with Crippen LogP contribution in [0, 0.1) is 40.8 Å². The quantitative estimate of drug-likeness (QED) is 0.365. The maximum atomic E-state index is 11.4. The monoisotopic (exact) mass is 505 g/mol. The van der Waals surface area contributed by atoms with Crippen molar-refractivity contribution in [3.05, 3.63) is 59.4 Å². The highest BCUT2D eigenvalue weighted by atomic mass is 32.2. The maximum absolute atomic E-state index is 11.4. The molecule has 182 valence electrons. The minimum Gasteiger partial charge on any atom is -0.550 e. The van der Waals surface area contributed by atoms with Crippen molar-refractivity contribution in [2.75, 3.05) is 0 Å². The normalized spacial score (nSPS) is 16.5. The molecular formula is C25H19N3O7S. The predicted octanol–water partition coefficient (Wildman–Crippen LogP) is -3.16. The fourth-order valence-corrected chi connectivity index (χ4v) is 3.56. The number of hydrogen-bond donors (Lipinski definition) is 3. The van der Waals surface area contributed by atoms with Gasteiger partial charge in [-0.25, -0.2) is 5.14 Å². The van der Waals surface area contributed by atoms with Gasteiger partial charge in [-0.2, -0.15) is 8.42 Å². The van der Waals surface area contributed by atoms with E-state index in [-0.39, 0.29) is 12.0 Å². The Morgan fingerprint density at radius 1 is 0.972 bits per heavy atom. The van der Waals surface area contributed by atoms with E-state index in [9.17, 15) is 28.2 Å². The Labute approximate surface area is 206 Å². The first-order valence-corrected chi connectivity index (χ1v) is 11.7. The summed E-state index contributed by atoms with van der Waals surface area (Å²) in [5, 5.41) is 29.1. The summed E-state index contributed by atoms with van der Waals surface area (Å²) in [6, 6.07) is 10.5. The number of carbonyl (C=O) groups is 2. The average molecular weight is 506 g/mol. The summed E-state index contributed by atoms with van der Waals surface area (Å²) in [5.74, 6) is 8.45. The van der Waals surface area contributed by atoms with Crippen LogP contribution in [-0.2, 0) is 24.3 Å². The number of carboxylic acid groups (broad SMARTS) is 2. The zero-order valence-corrected chi connectivity index (χ0v) is 19.5. The third-order valence-electron chi connectivity index (χ3n) is 4.91. The van der Waals surface area contributed by atoms with E-state index in [2.05, 4.69) is 41.1 Å². The highest BCUT2D eigenvalue weighted by molar-refractivity contribution is 7.93. The third-order valence-corrected chi connectivity index (χ3v) is 5.29. The van der Waals surface area contributed by atoms with Crippen LogP contribution in [0.4, 0.5) is 11.4 Å². The average Bonchev–Trinajstić information content (AvgIpc) is 2.79. The molecule has 0 saturated heterocycles. The van der Waals surface area contributed by atoms with E-state index < -0.39 is 34.0 Å². The van der Waals surface area contributed by atoms with Crippen molar-refractivity contribution in [1.82, 2.24) is 0 Å². The Bertz CT molecular complexity index is 1580. The highest BCUT2D eigenvalue weighted by Crippen LogP contribution is 2.28. The molecule has 0 radical (unpaired) electrons. The molecule has 0 bridgehead atoms. The Morgan fingerprint density at radius 2 is 1.72 bits per heavy atom. The molecule has 3 rings (SSSR count). The Balaban J connectivity index is 1.99. The lowest BCUT2D eigenvalue weighted by atomic mass is 9.92. The second kappa shape index (κ2) is 10.8. The lowest BCUT2D eigenvalue weighted by Gasteiger charge is -2.31. The van der Waals surface area contributed by atoms with E-state index in [1.54, 1.807) is 36.4 Å². The molecular weight excluding hydrogens is 486 g/mol. The molecule has 10 nitrogen and oxygen atoms in total. The number of benzene rings is 2. The molecule has 0 amide bonds. The summed E-state index contributed by atoms with van der Waals surface area (Å²) in [6.45, 7) is 0. The van der Waals surface area contributed by atoms with Gasteiger partial charge in [-0.3, -0.25) is 0 Å². The van der Waals surface area contributed by atoms with Crippen LogP contribution in [0.3, 0.4) is 0 Å². The van der Waals surface area contributed by atoms with Gasteiger partial charge in [0.15, 0.2) is 0 Å². The molecule has 1 heterocycles. The molecule has 2 aromatic rings. The first kappa shape index (κ1) is 26.0. The first-order valence-electron chi connectivity index (χ1n) is 10.2. The lowest BCUT2D eigenvalue weighted by molar-refractivity contribution is -0.330. The van der Waals surface area contributed by atoms with Crippen LogP contribution in [0.1, 0.15) is 17.5 Å². The number of hydrogen-bond acceptors (Lipinski definition) is 7. The SMILES string of the molecule is NS(=O)(=O)C#CC#Cc1cc([NH3+])cc(-c2ccc([NH3+])cc2C#CC2=CO[C@H](C(=O)[O-])[C@H](C(=O)[O-])C2)c1. The van der Waals surface area contributed by atoms with Gasteiger partial charge in [-0.05, 0) is 41.7 Å². The van der Waals surface area contributed by atoms with Crippen LogP contribution in [-0.4, -0.2) is 26.5 Å². The van der Waals surface area contributed by atoms with Gasteiger partial charge in [0.1, 0.15) is 17.5 Å². The van der Waals surface area contributed by atoms with Crippen molar-refractivity contribution in [3.8, 4) is 46.0 Å². The molecule has 0 saturated carbocycles. The van der Waals surface area contributed by atoms with Crippen molar-refractivity contribution in [1.29, 1.82) is 0 Å². The Hall–Kier alpha value is -4.57. The molecule has 0 fully saturated rings. The summed E-state index contributed by atoms with van der Waals surface area (Å²) in [5.41, 5.74) is 11.9. The zero-order chi connectivity index (χ0) is 26.5. The van der Waals surface area contributed by atoms with Gasteiger partial charge in [0.2, 0.25) is 0 Å². The standard InChI is InChI=1S/C25H19N3O7S/c26-19-6-7-21(18-9-15(10-20(27)13-18)3-1-2-8-36(28,33)34)17(12-19)5-4-16-11-22(24(29)30)23(25(31)32)35-14-16/h6-7,9-10,12-14,22-23H,11,26-27H2,(H,29,30)(H,31,32)(H2,28,33,34)/t22-,23+/m1/s1. The number of nitrogens with two attached hydrogens (primary N) is 1. The van der Waals surface area contributed by atoms with E-state index >= 15 is 0 Å². The minimum absolute atomic E-state index is 0.193. The minimum atomic E-state index is -3.96. The largest absolute Gasteiger partial charge is 0.550 e. The molecule has 36 heavy (non-hydrogen) atoms. The van der Waals surface area contributed by atoms with Crippen LogP contribution in [0.15, 0.2) is 48.2 Å². The van der Waals surface area contributed by atoms with Crippen LogP contribution in [0.25, 0.3) is 11.1 Å². The molecule has 0 aromatic heterocycles. The molecule has 11 heteroatoms. The van der Waals surface area contributed by atoms with Crippen molar-refractivity contribution in [3.63, 3.8) is 0 Å². The number of sulfonamides is 1. The summed E-state index contributed by atoms with van der Waals surface area (Å²) >= 11 is 0. The molecule has 0 aliphatic carbocycles. The topological polar surface area (TPSA) is 205 Å². The van der Waals surface area contributed by atoms with Gasteiger partial charge >= 0.3 is 0 Å². The van der Waals surface area contributed by atoms with Crippen molar-refractivity contribution in [2.24, 2.45) is 11.1 Å². The summed E-state index contributed by atoms with van der Waals surface area (Å²) in [7, 11) is -3.96. The second-order valence-corrected chi connectivity index (χ2v) is 9.01. The third kappa shape index (κ3) is 6.97. The molecule has 0 unspecified atom stereocenters. The molecule has 0 spiro atoms. The predicted molar refractivity (Wildman–Crippen MR) is 123 cm³/mol. The summed E-state index contributed by atoms with van der Waals surface area (Å²) in [4.78, 5) is 22.5. The van der Waals surface area contributed by atoms with Gasteiger partial charge in [-0.15, -0.1) is 0 Å². The summed E-state index contributed by atoms with van der Waals surface area (Å²) in [6.07, 6.45) is -0.748. The zero-order valence-electron chi connectivity index (χ0n) is 18.7. The fraction of sp³-hybridized carbons (Fsp3) is 0.120. The van der Waals surface area contributed by atoms with E-state index in [4.69, 9.17) is 9.88 Å². The smallest absolute Gasteiger partial charge is 0.278 e. The van der Waals surface area contributed by atoms with Crippen LogP contribution in [0.2, 0.25) is 0 Å². The van der Waals surface area contributed by atoms with Gasteiger partial charge in [-0.1, -0.05) is 17.8 Å². The molecule has 8 N–H and O–H groups in total. The highest BCUT2D eigenvalue weighted by Gasteiger charge is 2.29. The Kier molecular flexibility index (Phi) is 7.80. The van der Waals surface area contributed by atoms with E-state index in [0.717, 1.165) is 6.26 Å². The number of carboxylic acids is 2. The number of allylic oxidation sites excluding steroid dienone is 1. The van der Waals surface area contributed by atoms with Crippen LogP contribution in [0.5, 0.6) is 0 Å². The van der Waals surface area contributed by atoms with E-state index in [1.807, 2.05) is 5.25 Å². The van der Waals surface area contributed by atoms with E-state index in [0.29, 0.717) is 33.6 Å². The van der Waals surface area contributed by atoms with Crippen molar-refractivity contribution < 1.29 is 44.4 Å². The van der Waals surface area contributed by atoms with Crippen molar-refractivity contribution in [2.45, 2.75) is 12.5 Å². The number of carbonyl (C=O) groups excluding carboxylic acids is 2. The fourth-order valence-electron chi connectivity index (χ4n) is 3.36. The van der Waals surface area contributed by atoms with Gasteiger partial charge < -0.3 is 36.0 Å². The molecule has 2 aromatic carbocycles. The van der Waals surface area contributed by atoms with Crippen LogP contribution < -0.4 is 26.8 Å². The van der Waals surface area contributed by atoms with Crippen LogP contribution >= 0.6 is 0 Å². The molecule has 1 aliphatic rings. The maximum Gasteiger partial charge on any atom is 0.278 e. The number of rotatable bonds is 3. The van der Waals surface area contributed by atoms with Gasteiger partial charge in [0.25, 0.3) is 10.0 Å². The number of aliphatic carboxylic acids is 2. The molecule has 2 atom stereocenters. The van der Waals surface area contributed by atoms with Gasteiger partial charge in [0.05, 0.1) is 17.5 Å². The van der Waals surface area contributed by atoms with E-state index in [1.165, 1.54) is 0 Å². The number of primary sulfonamides is 1. The number of ether oxygens (including phenoxy) is 1. The molecule has 1 aliphatic heterocycles. The number of quaternary nitrogens is 2. The first-order chi connectivity index (χ1) is 16.9. The second-order valence-electron chi connectivity index (χ2n) is 7.72. The van der Waals surface area contributed by atoms with Crippen molar-refractivity contribution >= 4 is 33.3 Å².